The summed E-state index contributed by atoms with van der Waals surface area (Å²) in [5.74, 6) is 1.21. The second-order valence-corrected chi connectivity index (χ2v) is 3.76. The molecule has 0 unspecified atom stereocenters. The molecule has 0 saturated heterocycles. The lowest BCUT2D eigenvalue weighted by atomic mass is 10.3. The number of methoxy groups -OCH3 is 1. The van der Waals surface area contributed by atoms with Gasteiger partial charge in [-0.3, -0.25) is 10.1 Å². The molecule has 0 aromatic heterocycles. The van der Waals surface area contributed by atoms with Crippen molar-refractivity contribution in [1.29, 1.82) is 0 Å². The van der Waals surface area contributed by atoms with E-state index in [0.717, 1.165) is 0 Å². The lowest BCUT2D eigenvalue weighted by molar-refractivity contribution is -0.384. The second kappa shape index (κ2) is 7.75. The number of hydrogen-bond acceptors (Lipinski definition) is 5. The topological polar surface area (TPSA) is 81.8 Å². The van der Waals surface area contributed by atoms with Crippen LogP contribution in [0.3, 0.4) is 0 Å². The molecular formula is C14H15NO5. The van der Waals surface area contributed by atoms with Crippen molar-refractivity contribution in [2.75, 3.05) is 14.2 Å². The minimum absolute atomic E-state index is 0.0167. The predicted octanol–water partition coefficient (Wildman–Crippen LogP) is 3.36. The predicted molar refractivity (Wildman–Crippen MR) is 74.2 cm³/mol. The molecule has 20 heavy (non-hydrogen) atoms. The largest absolute Gasteiger partial charge is 0.508 e. The Morgan fingerprint density at radius 2 is 1.35 bits per heavy atom. The molecule has 0 aliphatic carbocycles. The van der Waals surface area contributed by atoms with Crippen molar-refractivity contribution in [1.82, 2.24) is 0 Å². The number of nitrogens with zero attached hydrogens (tertiary/aromatic N) is 1. The monoisotopic (exact) mass is 277 g/mol. The zero-order valence-electron chi connectivity index (χ0n) is 11.1. The van der Waals surface area contributed by atoms with Gasteiger partial charge in [-0.2, -0.15) is 0 Å². The third-order valence-corrected chi connectivity index (χ3v) is 2.12. The van der Waals surface area contributed by atoms with Gasteiger partial charge >= 0.3 is 0 Å². The van der Waals surface area contributed by atoms with E-state index in [-0.39, 0.29) is 11.4 Å². The summed E-state index contributed by atoms with van der Waals surface area (Å²) in [5.41, 5.74) is 0.0167. The van der Waals surface area contributed by atoms with Gasteiger partial charge in [0, 0.05) is 26.4 Å². The smallest absolute Gasteiger partial charge is 0.269 e. The van der Waals surface area contributed by atoms with Crippen LogP contribution in [0, 0.1) is 10.1 Å². The van der Waals surface area contributed by atoms with E-state index in [1.807, 2.05) is 0 Å². The summed E-state index contributed by atoms with van der Waals surface area (Å²) in [6, 6.07) is 12.0. The zero-order chi connectivity index (χ0) is 15.0. The van der Waals surface area contributed by atoms with Gasteiger partial charge in [0.2, 0.25) is 0 Å². The Hall–Kier alpha value is -2.60. The first-order chi connectivity index (χ1) is 9.56. The number of benzene rings is 2. The van der Waals surface area contributed by atoms with E-state index in [9.17, 15) is 10.1 Å². The molecule has 1 N–H and O–H groups in total. The molecule has 0 saturated carbocycles. The van der Waals surface area contributed by atoms with Gasteiger partial charge in [0.1, 0.15) is 17.2 Å². The van der Waals surface area contributed by atoms with Gasteiger partial charge in [0.25, 0.3) is 5.69 Å². The Morgan fingerprint density at radius 1 is 0.950 bits per heavy atom. The van der Waals surface area contributed by atoms with E-state index in [2.05, 4.69) is 4.74 Å². The number of nitro groups is 1. The van der Waals surface area contributed by atoms with E-state index < -0.39 is 4.92 Å². The molecule has 2 aromatic carbocycles. The summed E-state index contributed by atoms with van der Waals surface area (Å²) in [5, 5.41) is 19.5. The molecule has 0 bridgehead atoms. The highest BCUT2D eigenvalue weighted by Crippen LogP contribution is 2.24. The number of phenols is 1. The quantitative estimate of drug-likeness (QED) is 0.687. The van der Waals surface area contributed by atoms with Crippen LogP contribution in [-0.4, -0.2) is 24.2 Å². The number of nitro benzene ring substituents is 1. The highest BCUT2D eigenvalue weighted by atomic mass is 16.6. The van der Waals surface area contributed by atoms with Gasteiger partial charge in [-0.1, -0.05) is 0 Å². The van der Waals surface area contributed by atoms with E-state index in [1.54, 1.807) is 26.4 Å². The van der Waals surface area contributed by atoms with Crippen LogP contribution < -0.4 is 4.74 Å². The Bertz CT molecular complexity index is 536. The van der Waals surface area contributed by atoms with Crippen molar-refractivity contribution >= 4 is 5.69 Å². The molecule has 2 aromatic rings. The van der Waals surface area contributed by atoms with Crippen LogP contribution in [-0.2, 0) is 4.74 Å². The van der Waals surface area contributed by atoms with Gasteiger partial charge in [0.05, 0.1) is 4.92 Å². The van der Waals surface area contributed by atoms with Crippen molar-refractivity contribution in [2.24, 2.45) is 0 Å². The number of aromatic hydroxyl groups is 1. The van der Waals surface area contributed by atoms with Gasteiger partial charge < -0.3 is 14.6 Å². The summed E-state index contributed by atoms with van der Waals surface area (Å²) in [6.07, 6.45) is 0. The normalized spacial score (nSPS) is 9.30. The Kier molecular flexibility index (Phi) is 5.99. The van der Waals surface area contributed by atoms with Crippen LogP contribution in [0.2, 0.25) is 0 Å². The molecule has 2 rings (SSSR count). The van der Waals surface area contributed by atoms with Crippen molar-refractivity contribution in [3.05, 3.63) is 58.6 Å². The van der Waals surface area contributed by atoms with Gasteiger partial charge in [0.15, 0.2) is 0 Å². The Balaban J connectivity index is 0.000000612. The minimum atomic E-state index is -0.468. The summed E-state index contributed by atoms with van der Waals surface area (Å²) in [6.45, 7) is 0. The number of non-ortho nitro benzene ring substituents is 1. The van der Waals surface area contributed by atoms with E-state index in [0.29, 0.717) is 11.5 Å². The molecule has 6 nitrogen and oxygen atoms in total. The minimum Gasteiger partial charge on any atom is -0.508 e. The van der Waals surface area contributed by atoms with E-state index in [1.165, 1.54) is 36.4 Å². The molecule has 6 heteroatoms. The van der Waals surface area contributed by atoms with Crippen molar-refractivity contribution in [3.8, 4) is 17.2 Å². The standard InChI is InChI=1S/C12H9NO4.C2H6O/c14-10-3-7-12(8-4-10)17-11-5-1-9(2-6-11)13(15)16;1-3-2/h1-8,14H;1-2H3. The van der Waals surface area contributed by atoms with Gasteiger partial charge in [-0.25, -0.2) is 0 Å². The van der Waals surface area contributed by atoms with Crippen LogP contribution in [0.1, 0.15) is 0 Å². The number of ether oxygens (including phenoxy) is 2. The molecule has 0 aliphatic heterocycles. The number of phenolic OH excluding ortho intramolecular Hbond substituents is 1. The highest BCUT2D eigenvalue weighted by Gasteiger charge is 2.04. The SMILES string of the molecule is COC.O=[N+]([O-])c1ccc(Oc2ccc(O)cc2)cc1. The average molecular weight is 277 g/mol. The van der Waals surface area contributed by atoms with Crippen LogP contribution in [0.5, 0.6) is 17.2 Å². The first kappa shape index (κ1) is 15.5. The maximum absolute atomic E-state index is 10.4. The van der Waals surface area contributed by atoms with Crippen LogP contribution in [0.25, 0.3) is 0 Å². The summed E-state index contributed by atoms with van der Waals surface area (Å²) in [7, 11) is 3.25. The molecule has 0 aliphatic rings. The molecule has 106 valence electrons. The Morgan fingerprint density at radius 3 is 1.75 bits per heavy atom. The number of hydrogen-bond donors (Lipinski definition) is 1. The maximum Gasteiger partial charge on any atom is 0.269 e. The van der Waals surface area contributed by atoms with Crippen LogP contribution >= 0.6 is 0 Å². The molecule has 0 radical (unpaired) electrons. The van der Waals surface area contributed by atoms with E-state index >= 15 is 0 Å². The van der Waals surface area contributed by atoms with Gasteiger partial charge in [-0.15, -0.1) is 0 Å². The molecule has 0 atom stereocenters. The zero-order valence-corrected chi connectivity index (χ0v) is 11.1. The van der Waals surface area contributed by atoms with Crippen molar-refractivity contribution in [3.63, 3.8) is 0 Å². The third-order valence-electron chi connectivity index (χ3n) is 2.12. The first-order valence-corrected chi connectivity index (χ1v) is 5.68. The maximum atomic E-state index is 10.4. The fourth-order valence-electron chi connectivity index (χ4n) is 1.29. The average Bonchev–Trinajstić information content (AvgIpc) is 2.43. The second-order valence-electron chi connectivity index (χ2n) is 3.76. The molecule has 0 amide bonds. The number of rotatable bonds is 3. The summed E-state index contributed by atoms with van der Waals surface area (Å²) < 4.78 is 9.68. The fourth-order valence-corrected chi connectivity index (χ4v) is 1.29. The van der Waals surface area contributed by atoms with Crippen LogP contribution in [0.4, 0.5) is 5.69 Å². The lowest BCUT2D eigenvalue weighted by Gasteiger charge is -2.04. The third kappa shape index (κ3) is 4.95. The Labute approximate surface area is 116 Å². The summed E-state index contributed by atoms with van der Waals surface area (Å²) in [4.78, 5) is 9.98. The highest BCUT2D eigenvalue weighted by molar-refractivity contribution is 5.39. The lowest BCUT2D eigenvalue weighted by Crippen LogP contribution is -1.88. The molecule has 0 spiro atoms. The van der Waals surface area contributed by atoms with Crippen LogP contribution in [0.15, 0.2) is 48.5 Å². The molecular weight excluding hydrogens is 262 g/mol. The first-order valence-electron chi connectivity index (χ1n) is 5.68. The van der Waals surface area contributed by atoms with Crippen molar-refractivity contribution in [2.45, 2.75) is 0 Å². The molecule has 0 heterocycles. The fraction of sp³-hybridized carbons (Fsp3) is 0.143. The van der Waals surface area contributed by atoms with Crippen molar-refractivity contribution < 1.29 is 19.5 Å². The van der Waals surface area contributed by atoms with E-state index in [4.69, 9.17) is 9.84 Å². The molecule has 0 fully saturated rings. The summed E-state index contributed by atoms with van der Waals surface area (Å²) >= 11 is 0. The van der Waals surface area contributed by atoms with Gasteiger partial charge in [-0.05, 0) is 36.4 Å².